The Kier molecular flexibility index (Phi) is 7.18. The van der Waals surface area contributed by atoms with Crippen molar-refractivity contribution in [2.24, 2.45) is 0 Å². The van der Waals surface area contributed by atoms with Gasteiger partial charge in [-0.1, -0.05) is 29.5 Å². The van der Waals surface area contributed by atoms with E-state index in [9.17, 15) is 14.0 Å². The van der Waals surface area contributed by atoms with Gasteiger partial charge in [0.15, 0.2) is 11.0 Å². The van der Waals surface area contributed by atoms with Crippen LogP contribution in [0.1, 0.15) is 28.7 Å². The number of hydrogen-bond donors (Lipinski definition) is 2. The Bertz CT molecular complexity index is 1020. The topological polar surface area (TPSA) is 88.9 Å². The zero-order valence-corrected chi connectivity index (χ0v) is 17.5. The van der Waals surface area contributed by atoms with E-state index in [1.807, 2.05) is 30.5 Å². The van der Waals surface area contributed by atoms with E-state index in [2.05, 4.69) is 20.8 Å². The fourth-order valence-electron chi connectivity index (χ4n) is 2.70. The molecule has 0 spiro atoms. The van der Waals surface area contributed by atoms with Crippen molar-refractivity contribution in [2.45, 2.75) is 32.1 Å². The molecular weight excluding hydrogens is 405 g/mol. The van der Waals surface area contributed by atoms with E-state index < -0.39 is 0 Å². The molecule has 2 N–H and O–H groups in total. The Balaban J connectivity index is 1.55. The number of aryl methyl sites for hydroxylation is 1. The molecule has 0 fully saturated rings. The van der Waals surface area contributed by atoms with Crippen LogP contribution in [0.4, 0.5) is 10.1 Å². The van der Waals surface area contributed by atoms with Gasteiger partial charge in [0.05, 0.1) is 12.3 Å². The van der Waals surface area contributed by atoms with Crippen LogP contribution in [0.2, 0.25) is 0 Å². The zero-order valence-electron chi connectivity index (χ0n) is 16.7. The van der Waals surface area contributed by atoms with Gasteiger partial charge >= 0.3 is 0 Å². The van der Waals surface area contributed by atoms with E-state index in [0.717, 1.165) is 5.56 Å². The summed E-state index contributed by atoms with van der Waals surface area (Å²) in [5.41, 5.74) is 2.19. The molecule has 30 heavy (non-hydrogen) atoms. The molecule has 0 saturated carbocycles. The van der Waals surface area contributed by atoms with Crippen molar-refractivity contribution in [3.63, 3.8) is 0 Å². The second-order valence-electron chi connectivity index (χ2n) is 6.54. The number of hydrogen-bond acceptors (Lipinski definition) is 5. The maximum atomic E-state index is 12.9. The standard InChI is InChI=1S/C21H22FN5O2S/c1-3-27-18(12-23-20(29)15-6-4-14(2)5-7-15)25-26-21(27)30-13-19(28)24-17-10-8-16(22)9-11-17/h4-11H,3,12-13H2,1-2H3,(H,23,29)(H,24,28). The molecule has 0 bridgehead atoms. The second kappa shape index (κ2) is 10.0. The minimum atomic E-state index is -0.361. The number of aromatic nitrogens is 3. The molecule has 1 aromatic heterocycles. The van der Waals surface area contributed by atoms with E-state index in [1.165, 1.54) is 36.0 Å². The molecule has 0 aliphatic heterocycles. The third-order valence-corrected chi connectivity index (χ3v) is 5.26. The van der Waals surface area contributed by atoms with E-state index in [0.29, 0.717) is 28.8 Å². The molecule has 2 aromatic carbocycles. The van der Waals surface area contributed by atoms with Crippen LogP contribution in [-0.2, 0) is 17.9 Å². The lowest BCUT2D eigenvalue weighted by Gasteiger charge is -2.09. The van der Waals surface area contributed by atoms with Gasteiger partial charge in [0.25, 0.3) is 5.91 Å². The first-order valence-electron chi connectivity index (χ1n) is 9.41. The monoisotopic (exact) mass is 427 g/mol. The van der Waals surface area contributed by atoms with E-state index in [4.69, 9.17) is 0 Å². The minimum absolute atomic E-state index is 0.130. The van der Waals surface area contributed by atoms with Crippen LogP contribution >= 0.6 is 11.8 Å². The summed E-state index contributed by atoms with van der Waals surface area (Å²) in [5, 5.41) is 14.4. The van der Waals surface area contributed by atoms with Crippen molar-refractivity contribution in [3.8, 4) is 0 Å². The van der Waals surface area contributed by atoms with Crippen molar-refractivity contribution in [3.05, 3.63) is 71.3 Å². The van der Waals surface area contributed by atoms with Crippen LogP contribution in [-0.4, -0.2) is 32.3 Å². The third-order valence-electron chi connectivity index (χ3n) is 4.29. The van der Waals surface area contributed by atoms with Crippen LogP contribution < -0.4 is 10.6 Å². The number of nitrogens with one attached hydrogen (secondary N) is 2. The minimum Gasteiger partial charge on any atom is -0.345 e. The summed E-state index contributed by atoms with van der Waals surface area (Å²) in [6.07, 6.45) is 0. The van der Waals surface area contributed by atoms with E-state index >= 15 is 0 Å². The van der Waals surface area contributed by atoms with Gasteiger partial charge in [0.2, 0.25) is 5.91 Å². The summed E-state index contributed by atoms with van der Waals surface area (Å²) in [5.74, 6) is -0.0366. The number of carbonyl (C=O) groups excluding carboxylic acids is 2. The lowest BCUT2D eigenvalue weighted by atomic mass is 10.1. The van der Waals surface area contributed by atoms with Gasteiger partial charge in [0.1, 0.15) is 5.82 Å². The van der Waals surface area contributed by atoms with Crippen molar-refractivity contribution in [1.82, 2.24) is 20.1 Å². The van der Waals surface area contributed by atoms with Gasteiger partial charge in [-0.25, -0.2) is 4.39 Å². The normalized spacial score (nSPS) is 10.6. The largest absolute Gasteiger partial charge is 0.345 e. The van der Waals surface area contributed by atoms with E-state index in [-0.39, 0.29) is 29.9 Å². The highest BCUT2D eigenvalue weighted by atomic mass is 32.2. The summed E-state index contributed by atoms with van der Waals surface area (Å²) in [6, 6.07) is 12.9. The second-order valence-corrected chi connectivity index (χ2v) is 7.48. The van der Waals surface area contributed by atoms with Gasteiger partial charge < -0.3 is 15.2 Å². The van der Waals surface area contributed by atoms with Gasteiger partial charge in [-0.2, -0.15) is 0 Å². The van der Waals surface area contributed by atoms with Crippen molar-refractivity contribution in [2.75, 3.05) is 11.1 Å². The molecule has 3 rings (SSSR count). The Morgan fingerprint density at radius 2 is 1.77 bits per heavy atom. The molecule has 3 aromatic rings. The maximum Gasteiger partial charge on any atom is 0.251 e. The highest BCUT2D eigenvalue weighted by molar-refractivity contribution is 7.99. The number of benzene rings is 2. The molecule has 1 heterocycles. The number of anilines is 1. The van der Waals surface area contributed by atoms with Crippen molar-refractivity contribution in [1.29, 1.82) is 0 Å². The summed E-state index contributed by atoms with van der Waals surface area (Å²) >= 11 is 1.25. The fourth-order valence-corrected chi connectivity index (χ4v) is 3.52. The molecule has 156 valence electrons. The third kappa shape index (κ3) is 5.66. The lowest BCUT2D eigenvalue weighted by Crippen LogP contribution is -2.24. The predicted molar refractivity (Wildman–Crippen MR) is 114 cm³/mol. The number of thioether (sulfide) groups is 1. The number of carbonyl (C=O) groups is 2. The number of halogens is 1. The predicted octanol–water partition coefficient (Wildman–Crippen LogP) is 3.41. The molecule has 7 nitrogen and oxygen atoms in total. The van der Waals surface area contributed by atoms with Gasteiger partial charge in [0, 0.05) is 17.8 Å². The van der Waals surface area contributed by atoms with Crippen molar-refractivity contribution >= 4 is 29.3 Å². The molecule has 9 heteroatoms. The van der Waals surface area contributed by atoms with E-state index in [1.54, 1.807) is 12.1 Å². The molecular formula is C21H22FN5O2S. The molecule has 0 unspecified atom stereocenters. The Labute approximate surface area is 178 Å². The lowest BCUT2D eigenvalue weighted by molar-refractivity contribution is -0.113. The highest BCUT2D eigenvalue weighted by Crippen LogP contribution is 2.18. The molecule has 2 amide bonds. The smallest absolute Gasteiger partial charge is 0.251 e. The SMILES string of the molecule is CCn1c(CNC(=O)c2ccc(C)cc2)nnc1SCC(=O)Nc1ccc(F)cc1. The molecule has 0 aliphatic carbocycles. The zero-order chi connectivity index (χ0) is 21.5. The summed E-state index contributed by atoms with van der Waals surface area (Å²) < 4.78 is 14.8. The van der Waals surface area contributed by atoms with Gasteiger partial charge in [-0.15, -0.1) is 10.2 Å². The molecule has 0 atom stereocenters. The number of nitrogens with zero attached hydrogens (tertiary/aromatic N) is 3. The van der Waals surface area contributed by atoms with Crippen LogP contribution in [0.5, 0.6) is 0 Å². The van der Waals surface area contributed by atoms with Crippen molar-refractivity contribution < 1.29 is 14.0 Å². The van der Waals surface area contributed by atoms with Crippen LogP contribution in [0, 0.1) is 12.7 Å². The average molecular weight is 428 g/mol. The summed E-state index contributed by atoms with van der Waals surface area (Å²) in [7, 11) is 0. The van der Waals surface area contributed by atoms with Crippen LogP contribution in [0.15, 0.2) is 53.7 Å². The van der Waals surface area contributed by atoms with Gasteiger partial charge in [-0.3, -0.25) is 9.59 Å². The maximum absolute atomic E-state index is 12.9. The average Bonchev–Trinajstić information content (AvgIpc) is 3.14. The molecule has 0 saturated heterocycles. The Morgan fingerprint density at radius 1 is 1.07 bits per heavy atom. The highest BCUT2D eigenvalue weighted by Gasteiger charge is 2.14. The summed E-state index contributed by atoms with van der Waals surface area (Å²) in [6.45, 7) is 4.74. The van der Waals surface area contributed by atoms with Gasteiger partial charge in [-0.05, 0) is 50.2 Å². The fraction of sp³-hybridized carbons (Fsp3) is 0.238. The first kappa shape index (κ1) is 21.5. The Hall–Kier alpha value is -3.20. The number of rotatable bonds is 8. The molecule has 0 aliphatic rings. The first-order chi connectivity index (χ1) is 14.5. The Morgan fingerprint density at radius 3 is 2.43 bits per heavy atom. The quantitative estimate of drug-likeness (QED) is 0.538. The number of amides is 2. The van der Waals surface area contributed by atoms with Crippen LogP contribution in [0.25, 0.3) is 0 Å². The van der Waals surface area contributed by atoms with Crippen LogP contribution in [0.3, 0.4) is 0 Å². The molecule has 0 radical (unpaired) electrons. The first-order valence-corrected chi connectivity index (χ1v) is 10.4. The summed E-state index contributed by atoms with van der Waals surface area (Å²) in [4.78, 5) is 24.4.